The van der Waals surface area contributed by atoms with Gasteiger partial charge in [0.15, 0.2) is 0 Å². The Morgan fingerprint density at radius 3 is 2.80 bits per heavy atom. The van der Waals surface area contributed by atoms with Gasteiger partial charge in [-0.1, -0.05) is 35.5 Å². The number of nitrogens with zero attached hydrogens (tertiary/aromatic N) is 1. The standard InChI is InChI=1S/C15H21N3O2/c16-15(18-19)12(10-4-2-1-3-5-10)9-17-13-8-11-6-7-14(13)20-11/h1-5,11-14,17,19H,6-9H2,(H2,16,18). The zero-order valence-electron chi connectivity index (χ0n) is 11.4. The van der Waals surface area contributed by atoms with Crippen molar-refractivity contribution in [1.82, 2.24) is 5.32 Å². The Balaban J connectivity index is 1.65. The molecule has 2 aliphatic heterocycles. The Bertz CT molecular complexity index is 477. The van der Waals surface area contributed by atoms with Gasteiger partial charge in [0.1, 0.15) is 5.84 Å². The number of ether oxygens (including phenoxy) is 1. The molecule has 0 spiro atoms. The summed E-state index contributed by atoms with van der Waals surface area (Å²) in [4.78, 5) is 0. The maximum absolute atomic E-state index is 8.97. The third-order valence-corrected chi connectivity index (χ3v) is 4.36. The summed E-state index contributed by atoms with van der Waals surface area (Å²) in [6, 6.07) is 10.3. The average Bonchev–Trinajstić information content (AvgIpc) is 3.11. The molecule has 2 fully saturated rings. The summed E-state index contributed by atoms with van der Waals surface area (Å²) < 4.78 is 5.84. The second kappa shape index (κ2) is 5.81. The van der Waals surface area contributed by atoms with Gasteiger partial charge in [-0.15, -0.1) is 0 Å². The number of oxime groups is 1. The van der Waals surface area contributed by atoms with Crippen molar-refractivity contribution in [3.63, 3.8) is 0 Å². The molecule has 0 aromatic heterocycles. The number of rotatable bonds is 5. The molecule has 2 aliphatic rings. The maximum Gasteiger partial charge on any atom is 0.147 e. The summed E-state index contributed by atoms with van der Waals surface area (Å²) in [6.07, 6.45) is 4.16. The van der Waals surface area contributed by atoms with Crippen LogP contribution in [0.15, 0.2) is 35.5 Å². The van der Waals surface area contributed by atoms with Gasteiger partial charge in [-0.2, -0.15) is 0 Å². The Kier molecular flexibility index (Phi) is 3.89. The minimum absolute atomic E-state index is 0.111. The molecular weight excluding hydrogens is 254 g/mol. The van der Waals surface area contributed by atoms with E-state index in [0.717, 1.165) is 18.4 Å². The first kappa shape index (κ1) is 13.4. The molecule has 0 saturated carbocycles. The van der Waals surface area contributed by atoms with Crippen LogP contribution in [0.2, 0.25) is 0 Å². The molecule has 0 radical (unpaired) electrons. The molecule has 4 atom stereocenters. The van der Waals surface area contributed by atoms with Crippen LogP contribution in [0.4, 0.5) is 0 Å². The molecule has 2 heterocycles. The zero-order valence-corrected chi connectivity index (χ0v) is 11.4. The summed E-state index contributed by atoms with van der Waals surface area (Å²) >= 11 is 0. The van der Waals surface area contributed by atoms with E-state index in [0.29, 0.717) is 24.8 Å². The molecule has 5 nitrogen and oxygen atoms in total. The van der Waals surface area contributed by atoms with E-state index in [1.807, 2.05) is 30.3 Å². The Morgan fingerprint density at radius 2 is 2.20 bits per heavy atom. The Morgan fingerprint density at radius 1 is 1.40 bits per heavy atom. The minimum atomic E-state index is -0.111. The minimum Gasteiger partial charge on any atom is -0.409 e. The molecule has 5 heteroatoms. The van der Waals surface area contributed by atoms with Crippen molar-refractivity contribution in [2.75, 3.05) is 6.54 Å². The van der Waals surface area contributed by atoms with Crippen LogP contribution in [-0.4, -0.2) is 35.8 Å². The summed E-state index contributed by atoms with van der Waals surface area (Å²) in [5.41, 5.74) is 6.89. The van der Waals surface area contributed by atoms with E-state index in [-0.39, 0.29) is 11.8 Å². The molecule has 1 aromatic rings. The van der Waals surface area contributed by atoms with Gasteiger partial charge in [-0.25, -0.2) is 0 Å². The highest BCUT2D eigenvalue weighted by atomic mass is 16.5. The van der Waals surface area contributed by atoms with Crippen molar-refractivity contribution in [2.45, 2.75) is 43.4 Å². The van der Waals surface area contributed by atoms with Gasteiger partial charge >= 0.3 is 0 Å². The van der Waals surface area contributed by atoms with Gasteiger partial charge in [0.25, 0.3) is 0 Å². The van der Waals surface area contributed by atoms with Crippen molar-refractivity contribution < 1.29 is 9.94 Å². The quantitative estimate of drug-likeness (QED) is 0.329. The van der Waals surface area contributed by atoms with Crippen LogP contribution in [0, 0.1) is 0 Å². The summed E-state index contributed by atoms with van der Waals surface area (Å²) in [5, 5.41) is 15.7. The second-order valence-corrected chi connectivity index (χ2v) is 5.61. The van der Waals surface area contributed by atoms with Crippen LogP contribution in [0.5, 0.6) is 0 Å². The molecular formula is C15H21N3O2. The first-order valence-electron chi connectivity index (χ1n) is 7.19. The van der Waals surface area contributed by atoms with Gasteiger partial charge in [-0.3, -0.25) is 0 Å². The maximum atomic E-state index is 8.97. The fraction of sp³-hybridized carbons (Fsp3) is 0.533. The van der Waals surface area contributed by atoms with Crippen LogP contribution in [0.25, 0.3) is 0 Å². The monoisotopic (exact) mass is 275 g/mol. The largest absolute Gasteiger partial charge is 0.409 e. The third-order valence-electron chi connectivity index (χ3n) is 4.36. The molecule has 2 bridgehead atoms. The molecule has 4 N–H and O–H groups in total. The van der Waals surface area contributed by atoms with Gasteiger partial charge in [0.05, 0.1) is 18.1 Å². The molecule has 0 aliphatic carbocycles. The Labute approximate surface area is 118 Å². The predicted molar refractivity (Wildman–Crippen MR) is 76.9 cm³/mol. The first-order valence-corrected chi connectivity index (χ1v) is 7.19. The topological polar surface area (TPSA) is 79.9 Å². The van der Waals surface area contributed by atoms with Crippen LogP contribution < -0.4 is 11.1 Å². The average molecular weight is 275 g/mol. The van der Waals surface area contributed by atoms with Crippen molar-refractivity contribution >= 4 is 5.84 Å². The predicted octanol–water partition coefficient (Wildman–Crippen LogP) is 1.43. The van der Waals surface area contributed by atoms with E-state index in [1.165, 1.54) is 6.42 Å². The number of fused-ring (bicyclic) bond motifs is 2. The van der Waals surface area contributed by atoms with E-state index in [4.69, 9.17) is 15.7 Å². The van der Waals surface area contributed by atoms with Crippen molar-refractivity contribution in [2.24, 2.45) is 10.9 Å². The van der Waals surface area contributed by atoms with Gasteiger partial charge < -0.3 is 21.0 Å². The van der Waals surface area contributed by atoms with Crippen LogP contribution in [-0.2, 0) is 4.74 Å². The van der Waals surface area contributed by atoms with E-state index in [2.05, 4.69) is 10.5 Å². The molecule has 3 rings (SSSR count). The molecule has 20 heavy (non-hydrogen) atoms. The van der Waals surface area contributed by atoms with Gasteiger partial charge in [0, 0.05) is 12.6 Å². The first-order chi connectivity index (χ1) is 9.78. The number of hydrogen-bond donors (Lipinski definition) is 3. The zero-order chi connectivity index (χ0) is 13.9. The second-order valence-electron chi connectivity index (χ2n) is 5.61. The lowest BCUT2D eigenvalue weighted by Gasteiger charge is -2.23. The van der Waals surface area contributed by atoms with Crippen LogP contribution >= 0.6 is 0 Å². The van der Waals surface area contributed by atoms with Crippen molar-refractivity contribution in [3.05, 3.63) is 35.9 Å². The number of amidine groups is 1. The number of hydrogen-bond acceptors (Lipinski definition) is 4. The third kappa shape index (κ3) is 2.64. The number of nitrogens with two attached hydrogens (primary N) is 1. The summed E-state index contributed by atoms with van der Waals surface area (Å²) in [6.45, 7) is 0.664. The van der Waals surface area contributed by atoms with E-state index in [9.17, 15) is 0 Å². The fourth-order valence-electron chi connectivity index (χ4n) is 3.27. The van der Waals surface area contributed by atoms with E-state index in [1.54, 1.807) is 0 Å². The Hall–Kier alpha value is -1.59. The van der Waals surface area contributed by atoms with Crippen LogP contribution in [0.1, 0.15) is 30.7 Å². The highest BCUT2D eigenvalue weighted by molar-refractivity contribution is 5.87. The van der Waals surface area contributed by atoms with Gasteiger partial charge in [0.2, 0.25) is 0 Å². The summed E-state index contributed by atoms with van der Waals surface area (Å²) in [5.74, 6) is 0.133. The molecule has 4 unspecified atom stereocenters. The molecule has 2 saturated heterocycles. The van der Waals surface area contributed by atoms with E-state index >= 15 is 0 Å². The summed E-state index contributed by atoms with van der Waals surface area (Å²) in [7, 11) is 0. The van der Waals surface area contributed by atoms with Crippen molar-refractivity contribution in [1.29, 1.82) is 0 Å². The number of benzene rings is 1. The highest BCUT2D eigenvalue weighted by Crippen LogP contribution is 2.34. The van der Waals surface area contributed by atoms with E-state index < -0.39 is 0 Å². The lowest BCUT2D eigenvalue weighted by atomic mass is 9.93. The SMILES string of the molecule is N/C(=N/O)C(CNC1CC2CCC1O2)c1ccccc1. The normalized spacial score (nSPS) is 30.6. The smallest absolute Gasteiger partial charge is 0.147 e. The molecule has 1 aromatic carbocycles. The fourth-order valence-corrected chi connectivity index (χ4v) is 3.27. The van der Waals surface area contributed by atoms with Crippen LogP contribution in [0.3, 0.4) is 0 Å². The molecule has 108 valence electrons. The highest BCUT2D eigenvalue weighted by Gasteiger charge is 2.40. The lowest BCUT2D eigenvalue weighted by molar-refractivity contribution is 0.0974. The molecule has 0 amide bonds. The van der Waals surface area contributed by atoms with Gasteiger partial charge in [-0.05, 0) is 24.8 Å². The lowest BCUT2D eigenvalue weighted by Crippen LogP contribution is -2.42. The number of nitrogens with one attached hydrogen (secondary N) is 1. The van der Waals surface area contributed by atoms with Crippen molar-refractivity contribution in [3.8, 4) is 0 Å².